The molecule has 0 aromatic heterocycles. The highest BCUT2D eigenvalue weighted by Gasteiger charge is 1.70. The summed E-state index contributed by atoms with van der Waals surface area (Å²) in [7, 11) is 0. The van der Waals surface area contributed by atoms with Crippen LogP contribution in [0.5, 0.6) is 0 Å². The van der Waals surface area contributed by atoms with Gasteiger partial charge in [-0.3, -0.25) is 0 Å². The Morgan fingerprint density at radius 1 is 1.71 bits per heavy atom. The maximum atomic E-state index is 8.56. The molecule has 0 unspecified atom stereocenters. The number of carboxylic acid groups (broad SMARTS) is 2. The number of halogens is 1. The van der Waals surface area contributed by atoms with Crippen molar-refractivity contribution in [3.05, 3.63) is 10.7 Å². The molecule has 0 aliphatic heterocycles. The molecule has 0 heterocycles. The molecule has 3 nitrogen and oxygen atoms in total. The minimum Gasteiger partial charge on any atom is -0.450 e. The number of hydrogen-bond donors (Lipinski definition) is 2. The molecule has 0 fully saturated rings. The van der Waals surface area contributed by atoms with Crippen LogP contribution in [0.1, 0.15) is 0 Å². The predicted octanol–water partition coefficient (Wildman–Crippen LogP) is 1.79. The molecule has 42 valence electrons. The molecular weight excluding hydrogens is 211 g/mol. The summed E-state index contributed by atoms with van der Waals surface area (Å²) >= 11 is 2.05. The summed E-state index contributed by atoms with van der Waals surface area (Å²) in [5.41, 5.74) is 0. The molecule has 0 bridgehead atoms. The summed E-state index contributed by atoms with van der Waals surface area (Å²) < 4.78 is 1.72. The molecule has 0 rings (SSSR count). The highest BCUT2D eigenvalue weighted by atomic mass is 127. The van der Waals surface area contributed by atoms with Gasteiger partial charge >= 0.3 is 6.16 Å². The first-order valence-electron chi connectivity index (χ1n) is 1.28. The molecule has 0 amide bonds. The molecule has 7 heavy (non-hydrogen) atoms. The first-order chi connectivity index (χ1) is 3.15. The molecular formula is C3H5IO3. The summed E-state index contributed by atoms with van der Waals surface area (Å²) in [5, 5.41) is 13.9. The molecule has 2 N–H and O–H groups in total. The van der Waals surface area contributed by atoms with E-state index in [1.807, 2.05) is 0 Å². The standard InChI is InChI=1S/C2H3I.CH2O3/c1-2-3;2-1(3)4/h2H,1H2;(H2,2,3,4). The van der Waals surface area contributed by atoms with Gasteiger partial charge in [-0.15, -0.1) is 0 Å². The van der Waals surface area contributed by atoms with Crippen LogP contribution in [0.2, 0.25) is 0 Å². The SMILES string of the molecule is C=CI.O=C(O)O. The molecule has 0 saturated heterocycles. The first-order valence-corrected chi connectivity index (χ1v) is 2.52. The number of hydrogen-bond acceptors (Lipinski definition) is 1. The quantitative estimate of drug-likeness (QED) is 0.606. The largest absolute Gasteiger partial charge is 0.503 e. The van der Waals surface area contributed by atoms with E-state index in [0.29, 0.717) is 0 Å². The highest BCUT2D eigenvalue weighted by Crippen LogP contribution is 1.70. The normalized spacial score (nSPS) is 5.29. The highest BCUT2D eigenvalue weighted by molar-refractivity contribution is 14.1. The second-order valence-electron chi connectivity index (χ2n) is 0.437. The van der Waals surface area contributed by atoms with Crippen molar-refractivity contribution in [2.24, 2.45) is 0 Å². The Balaban J connectivity index is 0. The number of carbonyl (C=O) groups is 1. The van der Waals surface area contributed by atoms with Crippen LogP contribution in [0.3, 0.4) is 0 Å². The van der Waals surface area contributed by atoms with Crippen molar-refractivity contribution in [1.82, 2.24) is 0 Å². The zero-order chi connectivity index (χ0) is 6.28. The Morgan fingerprint density at radius 2 is 1.71 bits per heavy atom. The second-order valence-corrected chi connectivity index (χ2v) is 1.32. The topological polar surface area (TPSA) is 57.5 Å². The van der Waals surface area contributed by atoms with Crippen molar-refractivity contribution in [2.45, 2.75) is 0 Å². The monoisotopic (exact) mass is 216 g/mol. The minimum absolute atomic E-state index is 1.72. The van der Waals surface area contributed by atoms with Gasteiger partial charge in [-0.05, 0) is 4.08 Å². The Bertz CT molecular complexity index is 57.2. The van der Waals surface area contributed by atoms with Gasteiger partial charge in [-0.1, -0.05) is 29.2 Å². The van der Waals surface area contributed by atoms with Crippen molar-refractivity contribution in [3.63, 3.8) is 0 Å². The smallest absolute Gasteiger partial charge is 0.450 e. The van der Waals surface area contributed by atoms with Crippen LogP contribution in [0.25, 0.3) is 0 Å². The third kappa shape index (κ3) is 1190. The van der Waals surface area contributed by atoms with E-state index in [2.05, 4.69) is 29.2 Å². The Kier molecular flexibility index (Phi) is 13.0. The lowest BCUT2D eigenvalue weighted by molar-refractivity contribution is 0.137. The van der Waals surface area contributed by atoms with E-state index in [-0.39, 0.29) is 0 Å². The van der Waals surface area contributed by atoms with E-state index in [4.69, 9.17) is 15.0 Å². The minimum atomic E-state index is -1.83. The summed E-state index contributed by atoms with van der Waals surface area (Å²) in [6.45, 7) is 3.35. The molecule has 0 saturated carbocycles. The lowest BCUT2D eigenvalue weighted by Crippen LogP contribution is -1.81. The number of rotatable bonds is 0. The van der Waals surface area contributed by atoms with Crippen molar-refractivity contribution in [2.75, 3.05) is 0 Å². The van der Waals surface area contributed by atoms with E-state index in [1.165, 1.54) is 0 Å². The van der Waals surface area contributed by atoms with E-state index in [0.717, 1.165) is 0 Å². The maximum Gasteiger partial charge on any atom is 0.503 e. The van der Waals surface area contributed by atoms with Gasteiger partial charge in [0.1, 0.15) is 0 Å². The molecule has 0 aromatic rings. The van der Waals surface area contributed by atoms with Crippen LogP contribution >= 0.6 is 22.6 Å². The summed E-state index contributed by atoms with van der Waals surface area (Å²) in [6, 6.07) is 0. The van der Waals surface area contributed by atoms with E-state index in [9.17, 15) is 0 Å². The average molecular weight is 216 g/mol. The molecule has 0 radical (unpaired) electrons. The molecule has 0 atom stereocenters. The third-order valence-electron chi connectivity index (χ3n) is 0. The van der Waals surface area contributed by atoms with Crippen LogP contribution in [-0.4, -0.2) is 16.4 Å². The lowest BCUT2D eigenvalue weighted by atomic mass is 11.3. The molecule has 4 heteroatoms. The predicted molar refractivity (Wildman–Crippen MR) is 34.9 cm³/mol. The Labute approximate surface area is 54.8 Å². The van der Waals surface area contributed by atoms with Gasteiger partial charge in [0.15, 0.2) is 0 Å². The van der Waals surface area contributed by atoms with Gasteiger partial charge in [0.2, 0.25) is 0 Å². The lowest BCUT2D eigenvalue weighted by Gasteiger charge is -1.60. The van der Waals surface area contributed by atoms with Gasteiger partial charge in [-0.25, -0.2) is 4.79 Å². The van der Waals surface area contributed by atoms with E-state index < -0.39 is 6.16 Å². The molecule has 0 spiro atoms. The zero-order valence-electron chi connectivity index (χ0n) is 3.47. The molecule has 0 aliphatic carbocycles. The van der Waals surface area contributed by atoms with Crippen LogP contribution in [0.15, 0.2) is 10.7 Å². The van der Waals surface area contributed by atoms with E-state index in [1.54, 1.807) is 4.08 Å². The molecule has 0 aromatic carbocycles. The van der Waals surface area contributed by atoms with Gasteiger partial charge in [0.05, 0.1) is 0 Å². The summed E-state index contributed by atoms with van der Waals surface area (Å²) in [5.74, 6) is 0. The fraction of sp³-hybridized carbons (Fsp3) is 0. The Morgan fingerprint density at radius 3 is 1.71 bits per heavy atom. The van der Waals surface area contributed by atoms with Crippen molar-refractivity contribution in [3.8, 4) is 0 Å². The van der Waals surface area contributed by atoms with Gasteiger partial charge in [-0.2, -0.15) is 0 Å². The second kappa shape index (κ2) is 9.22. The van der Waals surface area contributed by atoms with Crippen LogP contribution in [0, 0.1) is 0 Å². The Hall–Kier alpha value is -0.260. The van der Waals surface area contributed by atoms with Crippen LogP contribution in [-0.2, 0) is 0 Å². The molecule has 0 aliphatic rings. The summed E-state index contributed by atoms with van der Waals surface area (Å²) in [6.07, 6.45) is -1.83. The van der Waals surface area contributed by atoms with Crippen molar-refractivity contribution < 1.29 is 15.0 Å². The van der Waals surface area contributed by atoms with Gasteiger partial charge < -0.3 is 10.2 Å². The average Bonchev–Trinajstić information content (AvgIpc) is 1.33. The summed E-state index contributed by atoms with van der Waals surface area (Å²) in [4.78, 5) is 8.56. The van der Waals surface area contributed by atoms with Crippen LogP contribution in [0.4, 0.5) is 4.79 Å². The van der Waals surface area contributed by atoms with Gasteiger partial charge in [0, 0.05) is 0 Å². The third-order valence-corrected chi connectivity index (χ3v) is 0. The van der Waals surface area contributed by atoms with Crippen molar-refractivity contribution in [1.29, 1.82) is 0 Å². The van der Waals surface area contributed by atoms with E-state index >= 15 is 0 Å². The fourth-order valence-electron chi connectivity index (χ4n) is 0. The van der Waals surface area contributed by atoms with Crippen LogP contribution < -0.4 is 0 Å². The van der Waals surface area contributed by atoms with Gasteiger partial charge in [0.25, 0.3) is 0 Å². The van der Waals surface area contributed by atoms with Crippen molar-refractivity contribution >= 4 is 28.7 Å². The zero-order valence-corrected chi connectivity index (χ0v) is 5.62. The maximum absolute atomic E-state index is 8.56. The fourth-order valence-corrected chi connectivity index (χ4v) is 0. The first kappa shape index (κ1) is 9.88.